The van der Waals surface area contributed by atoms with Crippen LogP contribution in [0.2, 0.25) is 0 Å². The van der Waals surface area contributed by atoms with E-state index in [1.807, 2.05) is 38.1 Å². The van der Waals surface area contributed by atoms with Crippen molar-refractivity contribution in [2.24, 2.45) is 0 Å². The van der Waals surface area contributed by atoms with Crippen LogP contribution in [0.4, 0.5) is 10.5 Å². The number of para-hydroxylation sites is 1. The molecular weight excluding hydrogens is 472 g/mol. The van der Waals surface area contributed by atoms with Gasteiger partial charge in [0.2, 0.25) is 5.91 Å². The number of amides is 3. The summed E-state index contributed by atoms with van der Waals surface area (Å²) in [6.45, 7) is 11.2. The highest BCUT2D eigenvalue weighted by Crippen LogP contribution is 2.27. The van der Waals surface area contributed by atoms with Gasteiger partial charge < -0.3 is 25.4 Å². The first kappa shape index (κ1) is 29.1. The van der Waals surface area contributed by atoms with Crippen LogP contribution in [0.5, 0.6) is 0 Å². The maximum absolute atomic E-state index is 13.7. The summed E-state index contributed by atoms with van der Waals surface area (Å²) in [5.74, 6) is -1.38. The number of alkyl carbamates (subject to hydrolysis) is 1. The van der Waals surface area contributed by atoms with Gasteiger partial charge in [0.1, 0.15) is 24.2 Å². The lowest BCUT2D eigenvalue weighted by molar-refractivity contribution is -0.140. The van der Waals surface area contributed by atoms with Gasteiger partial charge in [-0.25, -0.2) is 4.79 Å². The molecule has 37 heavy (non-hydrogen) atoms. The van der Waals surface area contributed by atoms with E-state index >= 15 is 0 Å². The van der Waals surface area contributed by atoms with Crippen LogP contribution in [0.1, 0.15) is 49.1 Å². The molecule has 2 unspecified atom stereocenters. The van der Waals surface area contributed by atoms with Crippen LogP contribution in [0.15, 0.2) is 49.0 Å². The Bertz CT molecular complexity index is 1180. The zero-order valence-electron chi connectivity index (χ0n) is 21.9. The molecule has 2 aromatic rings. The van der Waals surface area contributed by atoms with Gasteiger partial charge in [0.25, 0.3) is 5.91 Å². The molecule has 2 atom stereocenters. The number of carbonyl (C=O) groups is 3. The van der Waals surface area contributed by atoms with Crippen molar-refractivity contribution < 1.29 is 24.2 Å². The van der Waals surface area contributed by atoms with E-state index in [1.165, 1.54) is 0 Å². The second-order valence-corrected chi connectivity index (χ2v) is 9.54. The van der Waals surface area contributed by atoms with Gasteiger partial charge >= 0.3 is 6.09 Å². The number of nitrogens with one attached hydrogen (secondary N) is 2. The molecule has 0 aromatic heterocycles. The maximum Gasteiger partial charge on any atom is 0.408 e. The molecule has 0 saturated carbocycles. The predicted molar refractivity (Wildman–Crippen MR) is 141 cm³/mol. The Morgan fingerprint density at radius 3 is 2.32 bits per heavy atom. The zero-order chi connectivity index (χ0) is 27.8. The molecule has 0 bridgehead atoms. The summed E-state index contributed by atoms with van der Waals surface area (Å²) in [4.78, 5) is 40.7. The zero-order valence-corrected chi connectivity index (χ0v) is 21.9. The predicted octanol–water partition coefficient (Wildman–Crippen LogP) is 3.86. The van der Waals surface area contributed by atoms with Crippen LogP contribution >= 0.6 is 0 Å². The van der Waals surface area contributed by atoms with Crippen LogP contribution < -0.4 is 10.6 Å². The van der Waals surface area contributed by atoms with Gasteiger partial charge in [-0.05, 0) is 62.9 Å². The topological polar surface area (TPSA) is 132 Å². The number of aryl methyl sites for hydroxylation is 2. The second kappa shape index (κ2) is 12.7. The fourth-order valence-electron chi connectivity index (χ4n) is 3.74. The second-order valence-electron chi connectivity index (χ2n) is 9.54. The van der Waals surface area contributed by atoms with Crippen molar-refractivity contribution in [1.29, 1.82) is 5.26 Å². The summed E-state index contributed by atoms with van der Waals surface area (Å²) in [6, 6.07) is 11.6. The standard InChI is InChI=1S/C28H34N4O5/c1-7-20-12-9-13-21(16-20)24(25(34)31-23-18(2)10-8-11-19(23)3)32(15-14-29)26(35)22(17-33)30-27(36)37-28(4,5)6/h7-13,16,22,24,33H,1,15,17H2,2-6H3,(H,30,36)(H,31,34). The Morgan fingerprint density at radius 2 is 1.78 bits per heavy atom. The average molecular weight is 507 g/mol. The third-order valence-electron chi connectivity index (χ3n) is 5.45. The van der Waals surface area contributed by atoms with Gasteiger partial charge in [-0.1, -0.05) is 49.1 Å². The third-order valence-corrected chi connectivity index (χ3v) is 5.45. The molecule has 0 aliphatic rings. The molecule has 2 aromatic carbocycles. The van der Waals surface area contributed by atoms with E-state index in [0.717, 1.165) is 16.0 Å². The van der Waals surface area contributed by atoms with Gasteiger partial charge in [0, 0.05) is 5.69 Å². The van der Waals surface area contributed by atoms with Crippen molar-refractivity contribution in [3.63, 3.8) is 0 Å². The normalized spacial score (nSPS) is 12.5. The number of hydrogen-bond acceptors (Lipinski definition) is 6. The summed E-state index contributed by atoms with van der Waals surface area (Å²) < 4.78 is 5.20. The lowest BCUT2D eigenvalue weighted by atomic mass is 9.99. The molecule has 9 heteroatoms. The molecule has 196 valence electrons. The van der Waals surface area contributed by atoms with Gasteiger partial charge in [0.05, 0.1) is 12.7 Å². The molecular formula is C28H34N4O5. The van der Waals surface area contributed by atoms with Gasteiger partial charge in [-0.2, -0.15) is 5.26 Å². The van der Waals surface area contributed by atoms with Crippen molar-refractivity contribution in [2.45, 2.75) is 52.3 Å². The van der Waals surface area contributed by atoms with E-state index in [4.69, 9.17) is 4.74 Å². The first-order valence-electron chi connectivity index (χ1n) is 11.8. The van der Waals surface area contributed by atoms with Gasteiger partial charge in [0.15, 0.2) is 0 Å². The van der Waals surface area contributed by atoms with Crippen molar-refractivity contribution in [3.8, 4) is 6.07 Å². The lowest BCUT2D eigenvalue weighted by Gasteiger charge is -2.32. The van der Waals surface area contributed by atoms with E-state index in [2.05, 4.69) is 17.2 Å². The molecule has 3 amide bonds. The Labute approximate surface area is 217 Å². The van der Waals surface area contributed by atoms with Crippen LogP contribution in [-0.4, -0.2) is 52.7 Å². The fraction of sp³-hybridized carbons (Fsp3) is 0.357. The molecule has 0 saturated heterocycles. The smallest absolute Gasteiger partial charge is 0.408 e. The number of aliphatic hydroxyl groups excluding tert-OH is 1. The SMILES string of the molecule is C=Cc1cccc(C(C(=O)Nc2c(C)cccc2C)N(CC#N)C(=O)C(CO)NC(=O)OC(C)(C)C)c1. The summed E-state index contributed by atoms with van der Waals surface area (Å²) in [5.41, 5.74) is 2.54. The third kappa shape index (κ3) is 7.92. The summed E-state index contributed by atoms with van der Waals surface area (Å²) in [5, 5.41) is 24.7. The molecule has 0 aliphatic carbocycles. The van der Waals surface area contributed by atoms with E-state index in [-0.39, 0.29) is 0 Å². The van der Waals surface area contributed by atoms with E-state index in [0.29, 0.717) is 16.8 Å². The van der Waals surface area contributed by atoms with Crippen LogP contribution in [0.3, 0.4) is 0 Å². The minimum atomic E-state index is -1.44. The molecule has 0 aliphatic heterocycles. The van der Waals surface area contributed by atoms with E-state index in [9.17, 15) is 24.8 Å². The summed E-state index contributed by atoms with van der Waals surface area (Å²) in [6.07, 6.45) is 0.683. The highest BCUT2D eigenvalue weighted by atomic mass is 16.6. The summed E-state index contributed by atoms with van der Waals surface area (Å²) >= 11 is 0. The van der Waals surface area contributed by atoms with E-state index < -0.39 is 48.7 Å². The number of benzene rings is 2. The number of nitrogens with zero attached hydrogens (tertiary/aromatic N) is 2. The van der Waals surface area contributed by atoms with Crippen molar-refractivity contribution >= 4 is 29.7 Å². The molecule has 9 nitrogen and oxygen atoms in total. The highest BCUT2D eigenvalue weighted by molar-refractivity contribution is 6.00. The Balaban J connectivity index is 2.53. The van der Waals surface area contributed by atoms with Gasteiger partial charge in [-0.3, -0.25) is 9.59 Å². The van der Waals surface area contributed by atoms with Crippen LogP contribution in [-0.2, 0) is 14.3 Å². The molecule has 0 fully saturated rings. The molecule has 0 heterocycles. The Kier molecular flexibility index (Phi) is 9.98. The summed E-state index contributed by atoms with van der Waals surface area (Å²) in [7, 11) is 0. The Morgan fingerprint density at radius 1 is 1.16 bits per heavy atom. The monoisotopic (exact) mass is 506 g/mol. The molecule has 0 spiro atoms. The number of nitriles is 1. The fourth-order valence-corrected chi connectivity index (χ4v) is 3.74. The van der Waals surface area contributed by atoms with Crippen molar-refractivity contribution in [2.75, 3.05) is 18.5 Å². The number of ether oxygens (including phenoxy) is 1. The first-order valence-corrected chi connectivity index (χ1v) is 11.8. The van der Waals surface area contributed by atoms with Gasteiger partial charge in [-0.15, -0.1) is 0 Å². The minimum Gasteiger partial charge on any atom is -0.444 e. The number of carbonyl (C=O) groups excluding carboxylic acids is 3. The lowest BCUT2D eigenvalue weighted by Crippen LogP contribution is -2.54. The molecule has 3 N–H and O–H groups in total. The molecule has 0 radical (unpaired) electrons. The number of hydrogen-bond donors (Lipinski definition) is 3. The number of rotatable bonds is 9. The van der Waals surface area contributed by atoms with Crippen molar-refractivity contribution in [3.05, 3.63) is 71.3 Å². The van der Waals surface area contributed by atoms with Crippen molar-refractivity contribution in [1.82, 2.24) is 10.2 Å². The van der Waals surface area contributed by atoms with Crippen LogP contribution in [0.25, 0.3) is 6.08 Å². The average Bonchev–Trinajstić information content (AvgIpc) is 2.83. The largest absolute Gasteiger partial charge is 0.444 e. The first-order chi connectivity index (χ1) is 17.4. The number of aliphatic hydroxyl groups is 1. The maximum atomic E-state index is 13.7. The minimum absolute atomic E-state index is 0.429. The highest BCUT2D eigenvalue weighted by Gasteiger charge is 2.36. The Hall–Kier alpha value is -4.16. The molecule has 2 rings (SSSR count). The number of anilines is 1. The quantitative estimate of drug-likeness (QED) is 0.443. The van der Waals surface area contributed by atoms with E-state index in [1.54, 1.807) is 51.1 Å². The van der Waals surface area contributed by atoms with Crippen LogP contribution in [0, 0.1) is 25.2 Å².